The van der Waals surface area contributed by atoms with Crippen LogP contribution < -0.4 is 4.74 Å². The lowest BCUT2D eigenvalue weighted by Crippen LogP contribution is -2.00. The van der Waals surface area contributed by atoms with Crippen LogP contribution in [0, 0.1) is 6.92 Å². The molecule has 2 aromatic carbocycles. The molecule has 0 spiro atoms. The van der Waals surface area contributed by atoms with Crippen LogP contribution in [0.5, 0.6) is 5.75 Å². The Hall–Kier alpha value is -2.20. The number of halogens is 1. The molecule has 5 heteroatoms. The zero-order valence-corrected chi connectivity index (χ0v) is 12.4. The molecule has 0 heterocycles. The van der Waals surface area contributed by atoms with Crippen LogP contribution in [0.2, 0.25) is 0 Å². The molecule has 4 nitrogen and oxygen atoms in total. The van der Waals surface area contributed by atoms with Crippen LogP contribution in [0.3, 0.4) is 0 Å². The predicted molar refractivity (Wildman–Crippen MR) is 82.8 cm³/mol. The van der Waals surface area contributed by atoms with Crippen molar-refractivity contribution in [3.63, 3.8) is 0 Å². The number of carbonyl (C=O) groups is 1. The molecule has 0 aromatic heterocycles. The minimum absolute atomic E-state index is 0.191. The smallest absolute Gasteiger partial charge is 0.225 e. The van der Waals surface area contributed by atoms with E-state index in [2.05, 4.69) is 10.2 Å². The molecule has 0 aliphatic heterocycles. The first kappa shape index (κ1) is 15.2. The minimum atomic E-state index is -0.404. The topological polar surface area (TPSA) is 51.0 Å². The normalized spacial score (nSPS) is 10.8. The Bertz CT molecular complexity index is 622. The van der Waals surface area contributed by atoms with Crippen LogP contribution in [-0.2, 0) is 4.79 Å². The van der Waals surface area contributed by atoms with E-state index in [1.54, 1.807) is 24.3 Å². The standard InChI is InChI=1S/C16H15ClN2O2/c1-12-2-4-13(5-3-12)18-19-14-6-8-15(9-7-14)21-11-10-16(17)20/h2-9H,10-11H2,1H3/b19-18+. The summed E-state index contributed by atoms with van der Waals surface area (Å²) in [7, 11) is 0. The minimum Gasteiger partial charge on any atom is -0.493 e. The van der Waals surface area contributed by atoms with Gasteiger partial charge in [0.1, 0.15) is 5.75 Å². The summed E-state index contributed by atoms with van der Waals surface area (Å²) in [5.74, 6) is 0.669. The Balaban J connectivity index is 1.92. The van der Waals surface area contributed by atoms with E-state index in [4.69, 9.17) is 16.3 Å². The van der Waals surface area contributed by atoms with Crippen molar-refractivity contribution in [3.8, 4) is 5.75 Å². The number of aryl methyl sites for hydroxylation is 1. The largest absolute Gasteiger partial charge is 0.493 e. The van der Waals surface area contributed by atoms with Gasteiger partial charge in [-0.1, -0.05) is 17.7 Å². The summed E-state index contributed by atoms with van der Waals surface area (Å²) in [6.07, 6.45) is 0.191. The maximum atomic E-state index is 10.6. The van der Waals surface area contributed by atoms with Crippen molar-refractivity contribution in [1.82, 2.24) is 0 Å². The van der Waals surface area contributed by atoms with E-state index < -0.39 is 5.24 Å². The maximum Gasteiger partial charge on any atom is 0.225 e. The van der Waals surface area contributed by atoms with Crippen molar-refractivity contribution in [2.45, 2.75) is 13.3 Å². The summed E-state index contributed by atoms with van der Waals surface area (Å²) in [6, 6.07) is 15.0. The summed E-state index contributed by atoms with van der Waals surface area (Å²) in [6.45, 7) is 2.30. The third-order valence-corrected chi connectivity index (χ3v) is 2.91. The van der Waals surface area contributed by atoms with Gasteiger partial charge in [-0.15, -0.1) is 0 Å². The number of nitrogens with zero attached hydrogens (tertiary/aromatic N) is 2. The maximum absolute atomic E-state index is 10.6. The Kier molecular flexibility index (Phi) is 5.46. The first-order valence-electron chi connectivity index (χ1n) is 6.53. The second-order valence-corrected chi connectivity index (χ2v) is 4.90. The van der Waals surface area contributed by atoms with Crippen LogP contribution in [-0.4, -0.2) is 11.8 Å². The molecule has 0 unspecified atom stereocenters. The van der Waals surface area contributed by atoms with E-state index in [0.717, 1.165) is 11.4 Å². The lowest BCUT2D eigenvalue weighted by Gasteiger charge is -2.03. The van der Waals surface area contributed by atoms with E-state index in [-0.39, 0.29) is 13.0 Å². The van der Waals surface area contributed by atoms with Crippen LogP contribution in [0.1, 0.15) is 12.0 Å². The molecule has 0 amide bonds. The molecule has 0 saturated heterocycles. The van der Waals surface area contributed by atoms with Crippen molar-refractivity contribution in [2.24, 2.45) is 10.2 Å². The van der Waals surface area contributed by atoms with E-state index in [1.165, 1.54) is 5.56 Å². The van der Waals surface area contributed by atoms with Gasteiger partial charge in [-0.3, -0.25) is 4.79 Å². The van der Waals surface area contributed by atoms with Crippen molar-refractivity contribution in [3.05, 3.63) is 54.1 Å². The lowest BCUT2D eigenvalue weighted by atomic mass is 10.2. The number of ether oxygens (including phenoxy) is 1. The molecule has 0 N–H and O–H groups in total. The van der Waals surface area contributed by atoms with Gasteiger partial charge in [-0.05, 0) is 54.9 Å². The van der Waals surface area contributed by atoms with Gasteiger partial charge in [-0.25, -0.2) is 0 Å². The second-order valence-electron chi connectivity index (χ2n) is 4.48. The quantitative estimate of drug-likeness (QED) is 0.560. The molecule has 0 saturated carbocycles. The van der Waals surface area contributed by atoms with Crippen LogP contribution in [0.25, 0.3) is 0 Å². The summed E-state index contributed by atoms with van der Waals surface area (Å²) >= 11 is 5.23. The molecular weight excluding hydrogens is 288 g/mol. The predicted octanol–water partition coefficient (Wildman–Crippen LogP) is 4.94. The zero-order valence-electron chi connectivity index (χ0n) is 11.6. The fourth-order valence-corrected chi connectivity index (χ4v) is 1.66. The van der Waals surface area contributed by atoms with Crippen molar-refractivity contribution in [2.75, 3.05) is 6.61 Å². The van der Waals surface area contributed by atoms with E-state index in [9.17, 15) is 4.79 Å². The van der Waals surface area contributed by atoms with Gasteiger partial charge in [0.15, 0.2) is 0 Å². The van der Waals surface area contributed by atoms with Gasteiger partial charge in [0.05, 0.1) is 24.4 Å². The molecule has 0 radical (unpaired) electrons. The second kappa shape index (κ2) is 7.55. The highest BCUT2D eigenvalue weighted by atomic mass is 35.5. The van der Waals surface area contributed by atoms with E-state index >= 15 is 0 Å². The monoisotopic (exact) mass is 302 g/mol. The van der Waals surface area contributed by atoms with E-state index in [0.29, 0.717) is 5.75 Å². The summed E-state index contributed by atoms with van der Waals surface area (Å²) in [5, 5.41) is 7.90. The molecule has 0 bridgehead atoms. The number of benzene rings is 2. The molecule has 108 valence electrons. The van der Waals surface area contributed by atoms with Gasteiger partial charge >= 0.3 is 0 Å². The number of rotatable bonds is 6. The van der Waals surface area contributed by atoms with Gasteiger partial charge in [0, 0.05) is 0 Å². The molecule has 21 heavy (non-hydrogen) atoms. The average Bonchev–Trinajstić information content (AvgIpc) is 2.48. The molecule has 2 rings (SSSR count). The summed E-state index contributed by atoms with van der Waals surface area (Å²) in [5.41, 5.74) is 2.73. The Labute approximate surface area is 128 Å². The number of carbonyl (C=O) groups excluding carboxylic acids is 1. The first-order chi connectivity index (χ1) is 10.1. The lowest BCUT2D eigenvalue weighted by molar-refractivity contribution is -0.112. The van der Waals surface area contributed by atoms with Gasteiger partial charge in [0.2, 0.25) is 5.24 Å². The molecule has 0 aliphatic rings. The van der Waals surface area contributed by atoms with Gasteiger partial charge in [0.25, 0.3) is 0 Å². The van der Waals surface area contributed by atoms with Crippen LogP contribution in [0.4, 0.5) is 11.4 Å². The molecular formula is C16H15ClN2O2. The highest BCUT2D eigenvalue weighted by Crippen LogP contribution is 2.21. The van der Waals surface area contributed by atoms with Crippen molar-refractivity contribution < 1.29 is 9.53 Å². The molecule has 0 fully saturated rings. The molecule has 2 aromatic rings. The highest BCUT2D eigenvalue weighted by molar-refractivity contribution is 6.63. The Morgan fingerprint density at radius 2 is 1.52 bits per heavy atom. The van der Waals surface area contributed by atoms with Gasteiger partial charge in [-0.2, -0.15) is 10.2 Å². The zero-order chi connectivity index (χ0) is 15.1. The number of azo groups is 1. The average molecular weight is 303 g/mol. The fraction of sp³-hybridized carbons (Fsp3) is 0.188. The number of hydrogen-bond acceptors (Lipinski definition) is 4. The third-order valence-electron chi connectivity index (χ3n) is 2.72. The van der Waals surface area contributed by atoms with Gasteiger partial charge < -0.3 is 4.74 Å². The highest BCUT2D eigenvalue weighted by Gasteiger charge is 1.98. The number of hydrogen-bond donors (Lipinski definition) is 0. The SMILES string of the molecule is Cc1ccc(/N=N/c2ccc(OCCC(=O)Cl)cc2)cc1. The van der Waals surface area contributed by atoms with Crippen molar-refractivity contribution >= 4 is 28.2 Å². The van der Waals surface area contributed by atoms with Crippen LogP contribution in [0.15, 0.2) is 58.8 Å². The fourth-order valence-electron chi connectivity index (χ4n) is 1.59. The third kappa shape index (κ3) is 5.36. The summed E-state index contributed by atoms with van der Waals surface area (Å²) in [4.78, 5) is 10.6. The van der Waals surface area contributed by atoms with Crippen molar-refractivity contribution in [1.29, 1.82) is 0 Å². The van der Waals surface area contributed by atoms with Crippen LogP contribution >= 0.6 is 11.6 Å². The summed E-state index contributed by atoms with van der Waals surface area (Å²) < 4.78 is 5.37. The van der Waals surface area contributed by atoms with E-state index in [1.807, 2.05) is 31.2 Å². The Morgan fingerprint density at radius 1 is 1.00 bits per heavy atom. The molecule has 0 atom stereocenters. The molecule has 0 aliphatic carbocycles. The first-order valence-corrected chi connectivity index (χ1v) is 6.91. The Morgan fingerprint density at radius 3 is 2.05 bits per heavy atom.